The summed E-state index contributed by atoms with van der Waals surface area (Å²) in [4.78, 5) is 39.7. The Morgan fingerprint density at radius 2 is 1.88 bits per heavy atom. The van der Waals surface area contributed by atoms with Gasteiger partial charge in [-0.3, -0.25) is 19.3 Å². The quantitative estimate of drug-likeness (QED) is 0.598. The van der Waals surface area contributed by atoms with Gasteiger partial charge in [-0.25, -0.2) is 0 Å². The Balaban J connectivity index is 1.97. The lowest BCUT2D eigenvalue weighted by Gasteiger charge is -2.45. The first-order valence-corrected chi connectivity index (χ1v) is 8.51. The van der Waals surface area contributed by atoms with E-state index in [4.69, 9.17) is 9.47 Å². The van der Waals surface area contributed by atoms with E-state index in [9.17, 15) is 14.4 Å². The molecule has 0 N–H and O–H groups in total. The van der Waals surface area contributed by atoms with Gasteiger partial charge in [-0.05, 0) is 18.4 Å². The van der Waals surface area contributed by atoms with Gasteiger partial charge in [-0.15, -0.1) is 0 Å². The van der Waals surface area contributed by atoms with Gasteiger partial charge in [-0.1, -0.05) is 30.3 Å². The Labute approximate surface area is 147 Å². The van der Waals surface area contributed by atoms with Crippen LogP contribution in [-0.2, 0) is 30.4 Å². The Morgan fingerprint density at radius 1 is 1.16 bits per heavy atom. The number of ketones is 1. The van der Waals surface area contributed by atoms with E-state index in [0.717, 1.165) is 12.0 Å². The normalized spacial score (nSPS) is 28.6. The Morgan fingerprint density at radius 3 is 2.52 bits per heavy atom. The van der Waals surface area contributed by atoms with E-state index in [-0.39, 0.29) is 30.7 Å². The lowest BCUT2D eigenvalue weighted by atomic mass is 9.70. The minimum Gasteiger partial charge on any atom is -0.469 e. The largest absolute Gasteiger partial charge is 0.469 e. The van der Waals surface area contributed by atoms with Crippen LogP contribution in [0, 0.1) is 5.41 Å². The molecule has 1 aromatic rings. The number of hydrogen-bond acceptors (Lipinski definition) is 6. The minimum absolute atomic E-state index is 0.105. The number of fused-ring (bicyclic) bond motifs is 2. The maximum Gasteiger partial charge on any atom is 0.321 e. The van der Waals surface area contributed by atoms with Crippen LogP contribution in [0.4, 0.5) is 0 Å². The summed E-state index contributed by atoms with van der Waals surface area (Å²) in [5.41, 5.74) is -0.352. The van der Waals surface area contributed by atoms with Crippen molar-refractivity contribution in [3.05, 3.63) is 35.9 Å². The number of methoxy groups -OCH3 is 2. The van der Waals surface area contributed by atoms with Gasteiger partial charge < -0.3 is 9.47 Å². The molecule has 134 valence electrons. The van der Waals surface area contributed by atoms with Crippen LogP contribution in [-0.4, -0.2) is 48.9 Å². The van der Waals surface area contributed by atoms with E-state index < -0.39 is 17.4 Å². The van der Waals surface area contributed by atoms with Gasteiger partial charge in [0.25, 0.3) is 0 Å². The van der Waals surface area contributed by atoms with E-state index in [1.165, 1.54) is 14.2 Å². The zero-order chi connectivity index (χ0) is 18.0. The van der Waals surface area contributed by atoms with Crippen molar-refractivity contribution in [2.24, 2.45) is 5.41 Å². The molecule has 2 bridgehead atoms. The van der Waals surface area contributed by atoms with Crippen LogP contribution in [0.15, 0.2) is 30.3 Å². The molecule has 2 aliphatic rings. The molecule has 0 saturated carbocycles. The molecule has 2 aliphatic heterocycles. The second-order valence-corrected chi connectivity index (χ2v) is 6.75. The molecule has 0 aliphatic carbocycles. The van der Waals surface area contributed by atoms with Crippen LogP contribution in [0.1, 0.15) is 31.2 Å². The van der Waals surface area contributed by atoms with Gasteiger partial charge in [0.1, 0.15) is 0 Å². The van der Waals surface area contributed by atoms with Gasteiger partial charge in [0.05, 0.1) is 20.6 Å². The van der Waals surface area contributed by atoms with Crippen molar-refractivity contribution in [2.45, 2.75) is 44.3 Å². The van der Waals surface area contributed by atoms with Gasteiger partial charge in [-0.2, -0.15) is 0 Å². The summed E-state index contributed by atoms with van der Waals surface area (Å²) < 4.78 is 9.73. The lowest BCUT2D eigenvalue weighted by Crippen LogP contribution is -2.60. The van der Waals surface area contributed by atoms with Crippen molar-refractivity contribution < 1.29 is 23.9 Å². The highest BCUT2D eigenvalue weighted by Gasteiger charge is 2.62. The van der Waals surface area contributed by atoms with E-state index in [0.29, 0.717) is 13.0 Å². The van der Waals surface area contributed by atoms with Crippen LogP contribution in [0.2, 0.25) is 0 Å². The topological polar surface area (TPSA) is 72.9 Å². The highest BCUT2D eigenvalue weighted by molar-refractivity contribution is 6.08. The standard InChI is InChI=1S/C19H23NO5/c1-24-17(22)11-19(18(23)25-2)15-9-8-14(10-16(19)21)20(15)12-13-6-4-3-5-7-13/h3-7,14-15H,8-12H2,1-2H3/t14-,15+,19+/m1/s1. The zero-order valence-corrected chi connectivity index (χ0v) is 14.6. The molecule has 0 unspecified atom stereocenters. The van der Waals surface area contributed by atoms with E-state index in [1.807, 2.05) is 30.3 Å². The third-order valence-corrected chi connectivity index (χ3v) is 5.54. The van der Waals surface area contributed by atoms with Crippen LogP contribution in [0.25, 0.3) is 0 Å². The minimum atomic E-state index is -1.47. The molecule has 3 rings (SSSR count). The van der Waals surface area contributed by atoms with Gasteiger partial charge in [0.15, 0.2) is 11.2 Å². The summed E-state index contributed by atoms with van der Waals surface area (Å²) in [5, 5.41) is 0. The molecule has 2 heterocycles. The summed E-state index contributed by atoms with van der Waals surface area (Å²) in [7, 11) is 2.52. The fourth-order valence-corrected chi connectivity index (χ4v) is 4.32. The fourth-order valence-electron chi connectivity index (χ4n) is 4.32. The number of Topliss-reactive ketones (excluding diaryl/α,β-unsaturated/α-hetero) is 1. The molecular weight excluding hydrogens is 322 g/mol. The van der Waals surface area contributed by atoms with E-state index in [1.54, 1.807) is 0 Å². The van der Waals surface area contributed by atoms with Crippen molar-refractivity contribution in [2.75, 3.05) is 14.2 Å². The summed E-state index contributed by atoms with van der Waals surface area (Å²) >= 11 is 0. The first-order valence-electron chi connectivity index (χ1n) is 8.51. The average molecular weight is 345 g/mol. The molecule has 0 spiro atoms. The van der Waals surface area contributed by atoms with Gasteiger partial charge >= 0.3 is 11.9 Å². The van der Waals surface area contributed by atoms with Crippen LogP contribution in [0.5, 0.6) is 0 Å². The number of nitrogens with zero attached hydrogens (tertiary/aromatic N) is 1. The maximum absolute atomic E-state index is 12.9. The maximum atomic E-state index is 12.9. The average Bonchev–Trinajstić information content (AvgIpc) is 2.94. The van der Waals surface area contributed by atoms with Crippen LogP contribution in [0.3, 0.4) is 0 Å². The molecule has 2 saturated heterocycles. The number of hydrogen-bond donors (Lipinski definition) is 0. The Bertz CT molecular complexity index is 674. The van der Waals surface area contributed by atoms with Crippen LogP contribution >= 0.6 is 0 Å². The third-order valence-electron chi connectivity index (χ3n) is 5.54. The van der Waals surface area contributed by atoms with Crippen molar-refractivity contribution in [1.82, 2.24) is 4.90 Å². The molecule has 1 aromatic carbocycles. The van der Waals surface area contributed by atoms with Crippen LogP contribution < -0.4 is 0 Å². The third kappa shape index (κ3) is 2.95. The van der Waals surface area contributed by atoms with Crippen molar-refractivity contribution >= 4 is 17.7 Å². The number of benzene rings is 1. The second-order valence-electron chi connectivity index (χ2n) is 6.75. The summed E-state index contributed by atoms with van der Waals surface area (Å²) in [6, 6.07) is 9.70. The van der Waals surface area contributed by atoms with E-state index in [2.05, 4.69) is 4.90 Å². The monoisotopic (exact) mass is 345 g/mol. The highest BCUT2D eigenvalue weighted by atomic mass is 16.5. The van der Waals surface area contributed by atoms with Gasteiger partial charge in [0.2, 0.25) is 0 Å². The Hall–Kier alpha value is -2.21. The first kappa shape index (κ1) is 17.6. The highest BCUT2D eigenvalue weighted by Crippen LogP contribution is 2.48. The van der Waals surface area contributed by atoms with Crippen molar-refractivity contribution in [3.63, 3.8) is 0 Å². The predicted molar refractivity (Wildman–Crippen MR) is 89.5 cm³/mol. The predicted octanol–water partition coefficient (Wildman–Crippen LogP) is 1.71. The number of carbonyl (C=O) groups excluding carboxylic acids is 3. The number of ether oxygens (including phenoxy) is 2. The molecule has 3 atom stereocenters. The smallest absolute Gasteiger partial charge is 0.321 e. The summed E-state index contributed by atoms with van der Waals surface area (Å²) in [5.74, 6) is -1.41. The van der Waals surface area contributed by atoms with Gasteiger partial charge in [0, 0.05) is 25.0 Å². The molecule has 0 radical (unpaired) electrons. The SMILES string of the molecule is COC(=O)C[C@@]1(C(=O)OC)C(=O)C[C@H]2CC[C@@H]1N2Cc1ccccc1. The first-order chi connectivity index (χ1) is 12.0. The molecule has 2 fully saturated rings. The number of carbonyl (C=O) groups is 3. The molecule has 6 heteroatoms. The summed E-state index contributed by atoms with van der Waals surface area (Å²) in [6.45, 7) is 0.642. The number of piperidine rings is 1. The summed E-state index contributed by atoms with van der Waals surface area (Å²) in [6.07, 6.45) is 1.52. The molecule has 25 heavy (non-hydrogen) atoms. The zero-order valence-electron chi connectivity index (χ0n) is 14.6. The lowest BCUT2D eigenvalue weighted by molar-refractivity contribution is -0.172. The van der Waals surface area contributed by atoms with Crippen molar-refractivity contribution in [3.8, 4) is 0 Å². The molecule has 0 aromatic heterocycles. The fraction of sp³-hybridized carbons (Fsp3) is 0.526. The van der Waals surface area contributed by atoms with Crippen molar-refractivity contribution in [1.29, 1.82) is 0 Å². The molecule has 0 amide bonds. The number of rotatable bonds is 5. The van der Waals surface area contributed by atoms with E-state index >= 15 is 0 Å². The Kier molecular flexibility index (Phi) is 4.90. The molecule has 6 nitrogen and oxygen atoms in total. The number of esters is 2. The second kappa shape index (κ2) is 6.96. The molecular formula is C19H23NO5.